The lowest BCUT2D eigenvalue weighted by Gasteiger charge is -2.21. The van der Waals surface area contributed by atoms with Crippen LogP contribution < -0.4 is 5.73 Å². The Morgan fingerprint density at radius 3 is 2.60 bits per heavy atom. The molecule has 1 fully saturated rings. The zero-order valence-electron chi connectivity index (χ0n) is 10.0. The first-order valence-corrected chi connectivity index (χ1v) is 6.12. The second kappa shape index (κ2) is 6.11. The third kappa shape index (κ3) is 4.20. The van der Waals surface area contributed by atoms with E-state index in [4.69, 9.17) is 5.73 Å². The highest BCUT2D eigenvalue weighted by atomic mass is 16.2. The van der Waals surface area contributed by atoms with E-state index in [0.717, 1.165) is 32.4 Å². The van der Waals surface area contributed by atoms with Crippen molar-refractivity contribution >= 4 is 5.91 Å². The SMILES string of the molecule is CC(C(=O)N(C)CCCCCN)C1CC1. The van der Waals surface area contributed by atoms with Crippen LogP contribution in [0.25, 0.3) is 0 Å². The molecular weight excluding hydrogens is 188 g/mol. The van der Waals surface area contributed by atoms with Crippen molar-refractivity contribution in [2.75, 3.05) is 20.1 Å². The zero-order valence-corrected chi connectivity index (χ0v) is 10.0. The van der Waals surface area contributed by atoms with Crippen LogP contribution in [0.15, 0.2) is 0 Å². The van der Waals surface area contributed by atoms with Gasteiger partial charge in [0.15, 0.2) is 0 Å². The number of hydrogen-bond acceptors (Lipinski definition) is 2. The molecule has 0 aliphatic heterocycles. The molecule has 1 atom stereocenters. The summed E-state index contributed by atoms with van der Waals surface area (Å²) in [5.41, 5.74) is 5.42. The molecule has 3 nitrogen and oxygen atoms in total. The van der Waals surface area contributed by atoms with Crippen LogP contribution in [0.5, 0.6) is 0 Å². The Labute approximate surface area is 93.0 Å². The molecule has 0 aromatic rings. The number of carbonyl (C=O) groups is 1. The number of nitrogens with two attached hydrogens (primary N) is 1. The van der Waals surface area contributed by atoms with Gasteiger partial charge in [-0.1, -0.05) is 13.3 Å². The summed E-state index contributed by atoms with van der Waals surface area (Å²) in [6.45, 7) is 3.71. The van der Waals surface area contributed by atoms with Gasteiger partial charge in [0, 0.05) is 19.5 Å². The molecule has 0 spiro atoms. The van der Waals surface area contributed by atoms with E-state index in [0.29, 0.717) is 11.8 Å². The van der Waals surface area contributed by atoms with Crippen LogP contribution in [0, 0.1) is 11.8 Å². The molecule has 1 unspecified atom stereocenters. The summed E-state index contributed by atoms with van der Waals surface area (Å²) in [6, 6.07) is 0. The minimum Gasteiger partial charge on any atom is -0.346 e. The summed E-state index contributed by atoms with van der Waals surface area (Å²) < 4.78 is 0. The molecule has 3 heteroatoms. The van der Waals surface area contributed by atoms with Crippen molar-refractivity contribution in [1.29, 1.82) is 0 Å². The standard InChI is InChI=1S/C12H24N2O/c1-10(11-6-7-11)12(15)14(2)9-5-3-4-8-13/h10-11H,3-9,13H2,1-2H3. The second-order valence-electron chi connectivity index (χ2n) is 4.74. The van der Waals surface area contributed by atoms with E-state index in [1.807, 2.05) is 11.9 Å². The van der Waals surface area contributed by atoms with Gasteiger partial charge in [0.25, 0.3) is 0 Å². The third-order valence-electron chi connectivity index (χ3n) is 3.29. The summed E-state index contributed by atoms with van der Waals surface area (Å²) >= 11 is 0. The lowest BCUT2D eigenvalue weighted by molar-refractivity contribution is -0.134. The fourth-order valence-corrected chi connectivity index (χ4v) is 1.93. The molecule has 0 saturated heterocycles. The van der Waals surface area contributed by atoms with Gasteiger partial charge in [0.05, 0.1) is 0 Å². The molecule has 15 heavy (non-hydrogen) atoms. The highest BCUT2D eigenvalue weighted by molar-refractivity contribution is 5.78. The monoisotopic (exact) mass is 212 g/mol. The Morgan fingerprint density at radius 1 is 1.40 bits per heavy atom. The molecule has 0 heterocycles. The van der Waals surface area contributed by atoms with Crippen molar-refractivity contribution < 1.29 is 4.79 Å². The van der Waals surface area contributed by atoms with Crippen LogP contribution in [0.2, 0.25) is 0 Å². The molecule has 1 amide bonds. The minimum absolute atomic E-state index is 0.240. The van der Waals surface area contributed by atoms with Crippen molar-refractivity contribution in [3.63, 3.8) is 0 Å². The summed E-state index contributed by atoms with van der Waals surface area (Å²) in [6.07, 6.45) is 5.77. The largest absolute Gasteiger partial charge is 0.346 e. The van der Waals surface area contributed by atoms with E-state index in [9.17, 15) is 4.79 Å². The predicted octanol–water partition coefficient (Wildman–Crippen LogP) is 1.62. The van der Waals surface area contributed by atoms with E-state index in [-0.39, 0.29) is 5.92 Å². The molecule has 0 radical (unpaired) electrons. The summed E-state index contributed by atoms with van der Waals surface area (Å²) in [4.78, 5) is 13.8. The topological polar surface area (TPSA) is 46.3 Å². The smallest absolute Gasteiger partial charge is 0.225 e. The predicted molar refractivity (Wildman–Crippen MR) is 62.4 cm³/mol. The molecule has 0 aromatic carbocycles. The van der Waals surface area contributed by atoms with E-state index in [1.54, 1.807) is 0 Å². The third-order valence-corrected chi connectivity index (χ3v) is 3.29. The van der Waals surface area contributed by atoms with E-state index < -0.39 is 0 Å². The fourth-order valence-electron chi connectivity index (χ4n) is 1.93. The van der Waals surface area contributed by atoms with Crippen molar-refractivity contribution in [2.24, 2.45) is 17.6 Å². The van der Waals surface area contributed by atoms with Gasteiger partial charge >= 0.3 is 0 Å². The van der Waals surface area contributed by atoms with Crippen molar-refractivity contribution in [3.8, 4) is 0 Å². The number of carbonyl (C=O) groups excluding carboxylic acids is 1. The summed E-state index contributed by atoms with van der Waals surface area (Å²) in [7, 11) is 1.92. The maximum Gasteiger partial charge on any atom is 0.225 e. The molecule has 1 aliphatic rings. The number of amides is 1. The molecule has 0 bridgehead atoms. The lowest BCUT2D eigenvalue weighted by atomic mass is 10.1. The highest BCUT2D eigenvalue weighted by Crippen LogP contribution is 2.37. The Kier molecular flexibility index (Phi) is 5.09. The number of nitrogens with zero attached hydrogens (tertiary/aromatic N) is 1. The fraction of sp³-hybridized carbons (Fsp3) is 0.917. The molecule has 1 rings (SSSR count). The first-order valence-electron chi connectivity index (χ1n) is 6.12. The maximum atomic E-state index is 11.9. The summed E-state index contributed by atoms with van der Waals surface area (Å²) in [5, 5.41) is 0. The quantitative estimate of drug-likeness (QED) is 0.652. The van der Waals surface area contributed by atoms with Crippen molar-refractivity contribution in [1.82, 2.24) is 4.90 Å². The maximum absolute atomic E-state index is 11.9. The number of rotatable bonds is 7. The van der Waals surface area contributed by atoms with Crippen LogP contribution in [0.4, 0.5) is 0 Å². The molecule has 2 N–H and O–H groups in total. The van der Waals surface area contributed by atoms with Gasteiger partial charge in [-0.15, -0.1) is 0 Å². The first kappa shape index (κ1) is 12.5. The van der Waals surface area contributed by atoms with Gasteiger partial charge in [-0.05, 0) is 38.1 Å². The van der Waals surface area contributed by atoms with Crippen LogP contribution in [-0.4, -0.2) is 30.9 Å². The average Bonchev–Trinajstić information content (AvgIpc) is 3.05. The van der Waals surface area contributed by atoms with Gasteiger partial charge in [-0.25, -0.2) is 0 Å². The molecule has 0 aromatic heterocycles. The van der Waals surface area contributed by atoms with Crippen molar-refractivity contribution in [2.45, 2.75) is 39.0 Å². The molecular formula is C12H24N2O. The van der Waals surface area contributed by atoms with E-state index in [1.165, 1.54) is 12.8 Å². The van der Waals surface area contributed by atoms with Gasteiger partial charge in [-0.3, -0.25) is 4.79 Å². The Bertz CT molecular complexity index is 202. The lowest BCUT2D eigenvalue weighted by Crippen LogP contribution is -2.33. The average molecular weight is 212 g/mol. The van der Waals surface area contributed by atoms with Gasteiger partial charge in [0.1, 0.15) is 0 Å². The van der Waals surface area contributed by atoms with Gasteiger partial charge in [-0.2, -0.15) is 0 Å². The van der Waals surface area contributed by atoms with Crippen LogP contribution in [-0.2, 0) is 4.79 Å². The van der Waals surface area contributed by atoms with Gasteiger partial charge < -0.3 is 10.6 Å². The summed E-state index contributed by atoms with van der Waals surface area (Å²) in [5.74, 6) is 1.23. The molecule has 1 saturated carbocycles. The van der Waals surface area contributed by atoms with Crippen LogP contribution in [0.3, 0.4) is 0 Å². The second-order valence-corrected chi connectivity index (χ2v) is 4.74. The Morgan fingerprint density at radius 2 is 2.07 bits per heavy atom. The number of hydrogen-bond donors (Lipinski definition) is 1. The Hall–Kier alpha value is -0.570. The molecule has 88 valence electrons. The van der Waals surface area contributed by atoms with Crippen molar-refractivity contribution in [3.05, 3.63) is 0 Å². The normalized spacial score (nSPS) is 17.5. The first-order chi connectivity index (χ1) is 7.16. The zero-order chi connectivity index (χ0) is 11.3. The number of unbranched alkanes of at least 4 members (excludes halogenated alkanes) is 2. The van der Waals surface area contributed by atoms with Gasteiger partial charge in [0.2, 0.25) is 5.91 Å². The minimum atomic E-state index is 0.240. The molecule has 1 aliphatic carbocycles. The Balaban J connectivity index is 2.14. The highest BCUT2D eigenvalue weighted by Gasteiger charge is 2.33. The van der Waals surface area contributed by atoms with Crippen LogP contribution >= 0.6 is 0 Å². The van der Waals surface area contributed by atoms with E-state index in [2.05, 4.69) is 6.92 Å². The van der Waals surface area contributed by atoms with E-state index >= 15 is 0 Å². The van der Waals surface area contributed by atoms with Crippen LogP contribution in [0.1, 0.15) is 39.0 Å².